The van der Waals surface area contributed by atoms with Crippen LogP contribution in [0.1, 0.15) is 5.82 Å². The molecule has 124 valence electrons. The highest BCUT2D eigenvalue weighted by atomic mass is 16.6. The Hall–Kier alpha value is -2.80. The van der Waals surface area contributed by atoms with Crippen LogP contribution in [-0.4, -0.2) is 41.3 Å². The molecule has 7 heteroatoms. The maximum absolute atomic E-state index is 5.96. The number of hydrogen-bond donors (Lipinski definition) is 0. The van der Waals surface area contributed by atoms with Crippen LogP contribution >= 0.6 is 0 Å². The van der Waals surface area contributed by atoms with Crippen LogP contribution in [-0.2, 0) is 6.54 Å². The van der Waals surface area contributed by atoms with Gasteiger partial charge >= 0.3 is 0 Å². The van der Waals surface area contributed by atoms with Crippen LogP contribution in [0.5, 0.6) is 11.5 Å². The summed E-state index contributed by atoms with van der Waals surface area (Å²) in [4.78, 5) is 6.40. The zero-order valence-corrected chi connectivity index (χ0v) is 13.2. The molecule has 0 bridgehead atoms. The molecule has 1 aromatic carbocycles. The summed E-state index contributed by atoms with van der Waals surface area (Å²) in [7, 11) is 1.98. The van der Waals surface area contributed by atoms with Crippen molar-refractivity contribution in [3.63, 3.8) is 0 Å². The second-order valence-corrected chi connectivity index (χ2v) is 5.69. The van der Waals surface area contributed by atoms with Crippen molar-refractivity contribution in [3.8, 4) is 23.1 Å². The van der Waals surface area contributed by atoms with E-state index in [1.54, 1.807) is 18.4 Å². The van der Waals surface area contributed by atoms with E-state index in [9.17, 15) is 0 Å². The van der Waals surface area contributed by atoms with E-state index in [2.05, 4.69) is 15.0 Å². The zero-order chi connectivity index (χ0) is 16.4. The topological polar surface area (TPSA) is 73.8 Å². The number of aromatic nitrogens is 2. The summed E-state index contributed by atoms with van der Waals surface area (Å²) in [5.41, 5.74) is 0. The normalized spacial score (nSPS) is 16.5. The van der Waals surface area contributed by atoms with Gasteiger partial charge in [-0.3, -0.25) is 4.90 Å². The lowest BCUT2D eigenvalue weighted by molar-refractivity contribution is 0.0630. The van der Waals surface area contributed by atoms with Gasteiger partial charge < -0.3 is 18.4 Å². The minimum Gasteiger partial charge on any atom is -0.486 e. The standard InChI is InChI=1S/C17H17N3O4/c1-20(9-12-11-22-13-5-2-3-6-14(13)23-12)10-16-18-17(24-19-16)15-7-4-8-21-15/h2-8,12H,9-11H2,1H3/t12-/m0/s1. The fraction of sp³-hybridized carbons (Fsp3) is 0.294. The van der Waals surface area contributed by atoms with E-state index in [1.807, 2.05) is 31.3 Å². The molecule has 3 aromatic rings. The van der Waals surface area contributed by atoms with Gasteiger partial charge in [0.1, 0.15) is 12.7 Å². The molecule has 0 fully saturated rings. The van der Waals surface area contributed by atoms with E-state index in [-0.39, 0.29) is 6.10 Å². The average molecular weight is 327 g/mol. The lowest BCUT2D eigenvalue weighted by Gasteiger charge is -2.29. The summed E-state index contributed by atoms with van der Waals surface area (Å²) in [6.45, 7) is 1.76. The van der Waals surface area contributed by atoms with Crippen molar-refractivity contribution >= 4 is 0 Å². The van der Waals surface area contributed by atoms with Gasteiger partial charge in [-0.15, -0.1) is 0 Å². The molecule has 0 N–H and O–H groups in total. The number of fused-ring (bicyclic) bond motifs is 1. The first-order valence-corrected chi connectivity index (χ1v) is 7.71. The van der Waals surface area contributed by atoms with Gasteiger partial charge in [-0.25, -0.2) is 0 Å². The molecule has 3 heterocycles. The van der Waals surface area contributed by atoms with Gasteiger partial charge in [-0.2, -0.15) is 4.98 Å². The van der Waals surface area contributed by atoms with Gasteiger partial charge in [0.25, 0.3) is 5.89 Å². The van der Waals surface area contributed by atoms with Gasteiger partial charge in [0.05, 0.1) is 12.8 Å². The largest absolute Gasteiger partial charge is 0.486 e. The minimum absolute atomic E-state index is 0.0404. The molecule has 0 unspecified atom stereocenters. The summed E-state index contributed by atoms with van der Waals surface area (Å²) in [6.07, 6.45) is 1.53. The number of ether oxygens (including phenoxy) is 2. The number of hydrogen-bond acceptors (Lipinski definition) is 7. The van der Waals surface area contributed by atoms with Crippen molar-refractivity contribution in [1.29, 1.82) is 0 Å². The molecule has 1 atom stereocenters. The second-order valence-electron chi connectivity index (χ2n) is 5.69. The maximum atomic E-state index is 5.96. The monoisotopic (exact) mass is 327 g/mol. The Morgan fingerprint density at radius 3 is 2.88 bits per heavy atom. The zero-order valence-electron chi connectivity index (χ0n) is 13.2. The van der Waals surface area contributed by atoms with E-state index >= 15 is 0 Å². The van der Waals surface area contributed by atoms with Crippen LogP contribution in [0.3, 0.4) is 0 Å². The van der Waals surface area contributed by atoms with Crippen LogP contribution in [0.2, 0.25) is 0 Å². The SMILES string of the molecule is CN(Cc1noc(-c2ccco2)n1)C[C@H]1COc2ccccc2O1. The second kappa shape index (κ2) is 6.37. The van der Waals surface area contributed by atoms with Gasteiger partial charge in [0.2, 0.25) is 0 Å². The first-order chi connectivity index (χ1) is 11.8. The van der Waals surface area contributed by atoms with Crippen molar-refractivity contribution in [1.82, 2.24) is 15.0 Å². The van der Waals surface area contributed by atoms with Crippen LogP contribution in [0.4, 0.5) is 0 Å². The number of benzene rings is 1. The molecule has 0 saturated heterocycles. The molecule has 0 aliphatic carbocycles. The molecule has 0 amide bonds. The van der Waals surface area contributed by atoms with Gasteiger partial charge in [0.15, 0.2) is 23.1 Å². The number of furan rings is 1. The molecule has 2 aromatic heterocycles. The molecular weight excluding hydrogens is 310 g/mol. The minimum atomic E-state index is -0.0404. The van der Waals surface area contributed by atoms with Crippen LogP contribution in [0.25, 0.3) is 11.7 Å². The summed E-state index contributed by atoms with van der Waals surface area (Å²) in [5, 5.41) is 3.98. The highest BCUT2D eigenvalue weighted by Gasteiger charge is 2.22. The van der Waals surface area contributed by atoms with E-state index in [0.29, 0.717) is 37.2 Å². The third kappa shape index (κ3) is 3.11. The summed E-state index contributed by atoms with van der Waals surface area (Å²) >= 11 is 0. The van der Waals surface area contributed by atoms with Crippen molar-refractivity contribution < 1.29 is 18.4 Å². The molecule has 1 aliphatic rings. The predicted molar refractivity (Wildman–Crippen MR) is 84.7 cm³/mol. The summed E-state index contributed by atoms with van der Waals surface area (Å²) in [6, 6.07) is 11.3. The molecule has 0 radical (unpaired) electrons. The third-order valence-corrected chi connectivity index (χ3v) is 3.69. The molecule has 4 rings (SSSR count). The van der Waals surface area contributed by atoms with Crippen LogP contribution < -0.4 is 9.47 Å². The van der Waals surface area contributed by atoms with Crippen molar-refractivity contribution in [2.75, 3.05) is 20.2 Å². The first-order valence-electron chi connectivity index (χ1n) is 7.71. The fourth-order valence-electron chi connectivity index (χ4n) is 2.63. The number of rotatable bonds is 5. The molecule has 1 aliphatic heterocycles. The molecular formula is C17H17N3O4. The molecule has 0 spiro atoms. The Bertz CT molecular complexity index is 800. The van der Waals surface area contributed by atoms with Crippen molar-refractivity contribution in [3.05, 3.63) is 48.5 Å². The van der Waals surface area contributed by atoms with Gasteiger partial charge in [-0.1, -0.05) is 17.3 Å². The van der Waals surface area contributed by atoms with E-state index < -0.39 is 0 Å². The summed E-state index contributed by atoms with van der Waals surface area (Å²) in [5.74, 6) is 3.12. The molecule has 24 heavy (non-hydrogen) atoms. The van der Waals surface area contributed by atoms with E-state index in [0.717, 1.165) is 11.5 Å². The number of para-hydroxylation sites is 2. The Kier molecular flexibility index (Phi) is 3.92. The van der Waals surface area contributed by atoms with Crippen molar-refractivity contribution in [2.45, 2.75) is 12.6 Å². The highest BCUT2D eigenvalue weighted by Crippen LogP contribution is 2.31. The summed E-state index contributed by atoms with van der Waals surface area (Å²) < 4.78 is 22.1. The van der Waals surface area contributed by atoms with Gasteiger partial charge in [0, 0.05) is 6.54 Å². The maximum Gasteiger partial charge on any atom is 0.293 e. The van der Waals surface area contributed by atoms with E-state index in [4.69, 9.17) is 18.4 Å². The molecule has 0 saturated carbocycles. The average Bonchev–Trinajstić information content (AvgIpc) is 3.26. The highest BCUT2D eigenvalue weighted by molar-refractivity contribution is 5.42. The Balaban J connectivity index is 1.35. The Morgan fingerprint density at radius 2 is 2.04 bits per heavy atom. The molecule has 7 nitrogen and oxygen atoms in total. The van der Waals surface area contributed by atoms with E-state index in [1.165, 1.54) is 0 Å². The quantitative estimate of drug-likeness (QED) is 0.713. The number of likely N-dealkylation sites (N-methyl/N-ethyl adjacent to an activating group) is 1. The van der Waals surface area contributed by atoms with Crippen molar-refractivity contribution in [2.24, 2.45) is 0 Å². The first kappa shape index (κ1) is 14.8. The third-order valence-electron chi connectivity index (χ3n) is 3.69. The Labute approximate surface area is 138 Å². The predicted octanol–water partition coefficient (Wildman–Crippen LogP) is 2.60. The lowest BCUT2D eigenvalue weighted by Crippen LogP contribution is -2.39. The van der Waals surface area contributed by atoms with Crippen LogP contribution in [0, 0.1) is 0 Å². The lowest BCUT2D eigenvalue weighted by atomic mass is 10.2. The van der Waals surface area contributed by atoms with Crippen LogP contribution in [0.15, 0.2) is 51.6 Å². The smallest absolute Gasteiger partial charge is 0.293 e. The number of nitrogens with zero attached hydrogens (tertiary/aromatic N) is 3. The Morgan fingerprint density at radius 1 is 1.17 bits per heavy atom. The van der Waals surface area contributed by atoms with Gasteiger partial charge in [-0.05, 0) is 31.3 Å². The fourth-order valence-corrected chi connectivity index (χ4v) is 2.63.